The highest BCUT2D eigenvalue weighted by Gasteiger charge is 2.65. The highest BCUT2D eigenvalue weighted by Crippen LogP contribution is 2.62. The molecule has 2 aliphatic heterocycles. The number of fused-ring (bicyclic) bond motifs is 3. The Morgan fingerprint density at radius 2 is 2.04 bits per heavy atom. The Balaban J connectivity index is 1.46. The maximum Gasteiger partial charge on any atom is 0.310 e. The summed E-state index contributed by atoms with van der Waals surface area (Å²) in [4.78, 5) is 14.8. The standard InChI is InChI=1S/C20H33NO5/c1-19-6-5-7-20(12-25-20)16(19)8-13-14(18(22)26-15(13)9-19)10-21(2)11-17(23-3)24-4/h13-17H,5-12H2,1-4H3/t13-,14+,15-,16-,19-,20+/m1/s1. The first-order valence-corrected chi connectivity index (χ1v) is 9.99. The molecule has 1 spiro atoms. The van der Waals surface area contributed by atoms with Gasteiger partial charge >= 0.3 is 5.97 Å². The third-order valence-corrected chi connectivity index (χ3v) is 7.57. The predicted octanol–water partition coefficient (Wildman–Crippen LogP) is 2.06. The van der Waals surface area contributed by atoms with Crippen LogP contribution in [0.2, 0.25) is 0 Å². The number of nitrogens with zero attached hydrogens (tertiary/aromatic N) is 1. The average Bonchev–Trinajstić information content (AvgIpc) is 3.31. The molecule has 2 aliphatic carbocycles. The van der Waals surface area contributed by atoms with Crippen LogP contribution in [0.1, 0.15) is 39.0 Å². The molecule has 0 aromatic carbocycles. The van der Waals surface area contributed by atoms with Gasteiger partial charge in [0.05, 0.1) is 18.1 Å². The number of epoxide rings is 1. The number of methoxy groups -OCH3 is 2. The summed E-state index contributed by atoms with van der Waals surface area (Å²) >= 11 is 0. The molecule has 4 rings (SSSR count). The minimum absolute atomic E-state index is 0.0220. The van der Waals surface area contributed by atoms with E-state index in [1.165, 1.54) is 19.3 Å². The van der Waals surface area contributed by atoms with Gasteiger partial charge in [0.15, 0.2) is 6.29 Å². The van der Waals surface area contributed by atoms with E-state index in [0.717, 1.165) is 19.4 Å². The Hall–Kier alpha value is -0.690. The number of ether oxygens (including phenoxy) is 4. The lowest BCUT2D eigenvalue weighted by Gasteiger charge is -2.51. The molecule has 4 fully saturated rings. The Kier molecular flexibility index (Phi) is 4.83. The van der Waals surface area contributed by atoms with Gasteiger partial charge in [0.25, 0.3) is 0 Å². The molecule has 0 aromatic heterocycles. The molecule has 6 atom stereocenters. The van der Waals surface area contributed by atoms with E-state index < -0.39 is 0 Å². The van der Waals surface area contributed by atoms with Gasteiger partial charge in [0, 0.05) is 33.2 Å². The van der Waals surface area contributed by atoms with Crippen molar-refractivity contribution in [3.8, 4) is 0 Å². The number of likely N-dealkylation sites (N-methyl/N-ethyl adjacent to an activating group) is 1. The van der Waals surface area contributed by atoms with Crippen LogP contribution in [0, 0.1) is 23.2 Å². The molecular weight excluding hydrogens is 334 g/mol. The average molecular weight is 367 g/mol. The van der Waals surface area contributed by atoms with E-state index >= 15 is 0 Å². The van der Waals surface area contributed by atoms with Crippen molar-refractivity contribution in [2.45, 2.75) is 57.0 Å². The summed E-state index contributed by atoms with van der Waals surface area (Å²) < 4.78 is 22.4. The van der Waals surface area contributed by atoms with Crippen molar-refractivity contribution in [3.63, 3.8) is 0 Å². The zero-order chi connectivity index (χ0) is 18.5. The molecule has 2 saturated heterocycles. The molecule has 0 unspecified atom stereocenters. The molecule has 0 radical (unpaired) electrons. The summed E-state index contributed by atoms with van der Waals surface area (Å²) in [5, 5.41) is 0. The highest BCUT2D eigenvalue weighted by atomic mass is 16.7. The van der Waals surface area contributed by atoms with Gasteiger partial charge in [-0.05, 0) is 50.5 Å². The zero-order valence-corrected chi connectivity index (χ0v) is 16.5. The molecular formula is C20H33NO5. The first-order chi connectivity index (χ1) is 12.4. The van der Waals surface area contributed by atoms with Crippen molar-refractivity contribution >= 4 is 5.97 Å². The number of rotatable bonds is 6. The molecule has 0 N–H and O–H groups in total. The smallest absolute Gasteiger partial charge is 0.310 e. The maximum atomic E-state index is 12.6. The molecule has 0 bridgehead atoms. The SMILES string of the molecule is COC(CN(C)C[C@@H]1C(=O)O[C@@H]2C[C@@]3(C)CCC[C@]4(CO4)[C@@H]3C[C@H]12)OC. The summed E-state index contributed by atoms with van der Waals surface area (Å²) in [6.45, 7) is 4.64. The molecule has 2 saturated carbocycles. The largest absolute Gasteiger partial charge is 0.462 e. The normalized spacial score (nSPS) is 44.3. The van der Waals surface area contributed by atoms with Crippen molar-refractivity contribution in [3.05, 3.63) is 0 Å². The van der Waals surface area contributed by atoms with Crippen LogP contribution in [0.15, 0.2) is 0 Å². The first-order valence-electron chi connectivity index (χ1n) is 9.99. The van der Waals surface area contributed by atoms with E-state index in [4.69, 9.17) is 18.9 Å². The fraction of sp³-hybridized carbons (Fsp3) is 0.950. The van der Waals surface area contributed by atoms with Crippen LogP contribution in [0.3, 0.4) is 0 Å². The Labute approximate surface area is 156 Å². The quantitative estimate of drug-likeness (QED) is 0.407. The number of carbonyl (C=O) groups excluding carboxylic acids is 1. The van der Waals surface area contributed by atoms with Gasteiger partial charge in [0.1, 0.15) is 6.10 Å². The second kappa shape index (κ2) is 6.73. The van der Waals surface area contributed by atoms with Crippen LogP contribution in [-0.4, -0.2) is 69.8 Å². The second-order valence-corrected chi connectivity index (χ2v) is 9.22. The lowest BCUT2D eigenvalue weighted by molar-refractivity contribution is -0.147. The number of hydrogen-bond donors (Lipinski definition) is 0. The number of hydrogen-bond acceptors (Lipinski definition) is 6. The summed E-state index contributed by atoms with van der Waals surface area (Å²) in [5.74, 6) is 0.802. The summed E-state index contributed by atoms with van der Waals surface area (Å²) in [6.07, 6.45) is 5.52. The predicted molar refractivity (Wildman–Crippen MR) is 95.5 cm³/mol. The fourth-order valence-electron chi connectivity index (χ4n) is 6.08. The van der Waals surface area contributed by atoms with Crippen molar-refractivity contribution in [2.24, 2.45) is 23.2 Å². The Morgan fingerprint density at radius 3 is 2.69 bits per heavy atom. The van der Waals surface area contributed by atoms with Gasteiger partial charge in [-0.3, -0.25) is 4.79 Å². The lowest BCUT2D eigenvalue weighted by atomic mass is 9.53. The monoisotopic (exact) mass is 367 g/mol. The van der Waals surface area contributed by atoms with E-state index in [-0.39, 0.29) is 35.3 Å². The van der Waals surface area contributed by atoms with Gasteiger partial charge in [-0.25, -0.2) is 0 Å². The second-order valence-electron chi connectivity index (χ2n) is 9.22. The van der Waals surface area contributed by atoms with Gasteiger partial charge in [-0.1, -0.05) is 6.92 Å². The van der Waals surface area contributed by atoms with Crippen molar-refractivity contribution in [2.75, 3.05) is 41.0 Å². The molecule has 4 aliphatic rings. The molecule has 6 heteroatoms. The van der Waals surface area contributed by atoms with E-state index in [9.17, 15) is 4.79 Å². The Bertz CT molecular complexity index is 546. The van der Waals surface area contributed by atoms with E-state index in [1.54, 1.807) is 14.2 Å². The van der Waals surface area contributed by atoms with E-state index in [2.05, 4.69) is 11.8 Å². The van der Waals surface area contributed by atoms with Crippen LogP contribution in [0.25, 0.3) is 0 Å². The highest BCUT2D eigenvalue weighted by molar-refractivity contribution is 5.75. The van der Waals surface area contributed by atoms with Gasteiger partial charge in [-0.15, -0.1) is 0 Å². The fourth-order valence-corrected chi connectivity index (χ4v) is 6.08. The molecule has 148 valence electrons. The van der Waals surface area contributed by atoms with Gasteiger partial charge in [0.2, 0.25) is 0 Å². The van der Waals surface area contributed by atoms with E-state index in [0.29, 0.717) is 24.9 Å². The number of esters is 1. The topological polar surface area (TPSA) is 60.5 Å². The van der Waals surface area contributed by atoms with Gasteiger partial charge in [-0.2, -0.15) is 0 Å². The maximum absolute atomic E-state index is 12.6. The van der Waals surface area contributed by atoms with E-state index in [1.807, 2.05) is 7.05 Å². The zero-order valence-electron chi connectivity index (χ0n) is 16.5. The van der Waals surface area contributed by atoms with Crippen LogP contribution >= 0.6 is 0 Å². The third kappa shape index (κ3) is 3.09. The lowest BCUT2D eigenvalue weighted by Crippen LogP contribution is -2.51. The molecule has 0 aromatic rings. The van der Waals surface area contributed by atoms with Crippen LogP contribution < -0.4 is 0 Å². The number of carbonyl (C=O) groups is 1. The van der Waals surface area contributed by atoms with Crippen LogP contribution in [-0.2, 0) is 23.7 Å². The molecule has 2 heterocycles. The summed E-state index contributed by atoms with van der Waals surface area (Å²) in [6, 6.07) is 0. The first kappa shape index (κ1) is 18.7. The van der Waals surface area contributed by atoms with Crippen LogP contribution in [0.4, 0.5) is 0 Å². The minimum atomic E-state index is -0.274. The van der Waals surface area contributed by atoms with Gasteiger partial charge < -0.3 is 23.8 Å². The molecule has 6 nitrogen and oxygen atoms in total. The molecule has 26 heavy (non-hydrogen) atoms. The minimum Gasteiger partial charge on any atom is -0.462 e. The summed E-state index contributed by atoms with van der Waals surface area (Å²) in [5.41, 5.74) is 0.367. The van der Waals surface area contributed by atoms with Crippen molar-refractivity contribution in [1.82, 2.24) is 4.90 Å². The van der Waals surface area contributed by atoms with Crippen LogP contribution in [0.5, 0.6) is 0 Å². The van der Waals surface area contributed by atoms with Crippen molar-refractivity contribution < 1.29 is 23.7 Å². The third-order valence-electron chi connectivity index (χ3n) is 7.57. The Morgan fingerprint density at radius 1 is 1.31 bits per heavy atom. The molecule has 0 amide bonds. The van der Waals surface area contributed by atoms with Crippen molar-refractivity contribution in [1.29, 1.82) is 0 Å². The summed E-state index contributed by atoms with van der Waals surface area (Å²) in [7, 11) is 5.30.